The molecule has 2 aromatic heterocycles. The lowest BCUT2D eigenvalue weighted by atomic mass is 10.1. The van der Waals surface area contributed by atoms with Crippen molar-refractivity contribution in [2.24, 2.45) is 0 Å². The van der Waals surface area contributed by atoms with Crippen molar-refractivity contribution < 1.29 is 13.2 Å². The molecule has 2 heterocycles. The molecule has 0 atom stereocenters. The fourth-order valence-electron chi connectivity index (χ4n) is 2.00. The number of fused-ring (bicyclic) bond motifs is 1. The average molecular weight is 293 g/mol. The molecule has 0 radical (unpaired) electrons. The molecule has 8 heteroatoms. The van der Waals surface area contributed by atoms with E-state index in [1.807, 2.05) is 0 Å². The summed E-state index contributed by atoms with van der Waals surface area (Å²) < 4.78 is 39.9. The summed E-state index contributed by atoms with van der Waals surface area (Å²) in [6, 6.07) is 4.79. The van der Waals surface area contributed by atoms with Crippen LogP contribution < -0.4 is 5.73 Å². The number of anilines is 1. The Morgan fingerprint density at radius 2 is 1.90 bits per heavy atom. The van der Waals surface area contributed by atoms with Crippen LogP contribution in [0.1, 0.15) is 11.3 Å². The summed E-state index contributed by atoms with van der Waals surface area (Å²) in [4.78, 5) is 4.09. The summed E-state index contributed by atoms with van der Waals surface area (Å²) in [5.41, 5.74) is 6.58. The minimum Gasteiger partial charge on any atom is -0.398 e. The summed E-state index contributed by atoms with van der Waals surface area (Å²) in [6.07, 6.45) is -2.99. The van der Waals surface area contributed by atoms with Crippen LogP contribution in [0.5, 0.6) is 0 Å². The highest BCUT2D eigenvalue weighted by Crippen LogP contribution is 2.34. The van der Waals surface area contributed by atoms with E-state index in [0.29, 0.717) is 5.65 Å². The van der Waals surface area contributed by atoms with Crippen LogP contribution in [0.4, 0.5) is 18.9 Å². The maximum Gasteiger partial charge on any atom is 0.416 e. The van der Waals surface area contributed by atoms with Gasteiger partial charge < -0.3 is 5.73 Å². The second-order valence-electron chi connectivity index (χ2n) is 4.58. The van der Waals surface area contributed by atoms with Crippen molar-refractivity contribution in [3.05, 3.63) is 41.9 Å². The van der Waals surface area contributed by atoms with E-state index in [-0.39, 0.29) is 17.1 Å². The molecule has 0 saturated heterocycles. The van der Waals surface area contributed by atoms with Gasteiger partial charge in [-0.25, -0.2) is 4.98 Å². The standard InChI is InChI=1S/C13H10F3N5/c1-7-4-11-19-20-12(21(11)6-18-7)9-5-8(13(14,15)16)2-3-10(9)17/h2-6H,17H2,1H3. The van der Waals surface area contributed by atoms with E-state index >= 15 is 0 Å². The monoisotopic (exact) mass is 293 g/mol. The molecule has 0 amide bonds. The topological polar surface area (TPSA) is 69.1 Å². The fraction of sp³-hybridized carbons (Fsp3) is 0.154. The molecule has 0 aliphatic carbocycles. The van der Waals surface area contributed by atoms with E-state index in [1.54, 1.807) is 13.0 Å². The lowest BCUT2D eigenvalue weighted by molar-refractivity contribution is -0.137. The molecule has 0 aliphatic heterocycles. The molecule has 0 saturated carbocycles. The zero-order valence-corrected chi connectivity index (χ0v) is 10.9. The lowest BCUT2D eigenvalue weighted by Crippen LogP contribution is -2.06. The number of rotatable bonds is 1. The molecule has 3 aromatic rings. The number of halogens is 3. The smallest absolute Gasteiger partial charge is 0.398 e. The highest BCUT2D eigenvalue weighted by Gasteiger charge is 2.31. The van der Waals surface area contributed by atoms with Gasteiger partial charge in [0, 0.05) is 23.0 Å². The number of aryl methyl sites for hydroxylation is 1. The Hall–Kier alpha value is -2.64. The van der Waals surface area contributed by atoms with Gasteiger partial charge in [-0.3, -0.25) is 4.40 Å². The van der Waals surface area contributed by atoms with Crippen LogP contribution in [-0.4, -0.2) is 19.6 Å². The zero-order valence-electron chi connectivity index (χ0n) is 10.9. The molecule has 0 unspecified atom stereocenters. The second-order valence-corrected chi connectivity index (χ2v) is 4.58. The molecule has 0 bridgehead atoms. The number of nitrogen functional groups attached to an aromatic ring is 1. The number of aromatic nitrogens is 4. The van der Waals surface area contributed by atoms with Gasteiger partial charge in [0.05, 0.1) is 5.56 Å². The molecule has 0 aliphatic rings. The van der Waals surface area contributed by atoms with E-state index in [9.17, 15) is 13.2 Å². The molecule has 2 N–H and O–H groups in total. The number of hydrogen-bond acceptors (Lipinski definition) is 4. The molecule has 21 heavy (non-hydrogen) atoms. The van der Waals surface area contributed by atoms with Crippen molar-refractivity contribution in [2.75, 3.05) is 5.73 Å². The van der Waals surface area contributed by atoms with Crippen LogP contribution in [0.15, 0.2) is 30.6 Å². The quantitative estimate of drug-likeness (QED) is 0.700. The SMILES string of the molecule is Cc1cc2nnc(-c3cc(C(F)(F)F)ccc3N)n2cn1. The molecular formula is C13H10F3N5. The normalized spacial score (nSPS) is 12.0. The lowest BCUT2D eigenvalue weighted by Gasteiger charge is -2.10. The van der Waals surface area contributed by atoms with E-state index in [1.165, 1.54) is 16.8 Å². The predicted molar refractivity (Wildman–Crippen MR) is 70.4 cm³/mol. The Balaban J connectivity index is 2.23. The van der Waals surface area contributed by atoms with E-state index in [2.05, 4.69) is 15.2 Å². The Morgan fingerprint density at radius 1 is 1.14 bits per heavy atom. The van der Waals surface area contributed by atoms with Crippen LogP contribution in [0.3, 0.4) is 0 Å². The fourth-order valence-corrected chi connectivity index (χ4v) is 2.00. The van der Waals surface area contributed by atoms with Crippen LogP contribution >= 0.6 is 0 Å². The molecular weight excluding hydrogens is 283 g/mol. The van der Waals surface area contributed by atoms with Crippen LogP contribution in [0.2, 0.25) is 0 Å². The highest BCUT2D eigenvalue weighted by atomic mass is 19.4. The third-order valence-electron chi connectivity index (χ3n) is 3.06. The molecule has 0 spiro atoms. The van der Waals surface area contributed by atoms with Gasteiger partial charge >= 0.3 is 6.18 Å². The van der Waals surface area contributed by atoms with Gasteiger partial charge in [0.15, 0.2) is 11.5 Å². The van der Waals surface area contributed by atoms with Crippen molar-refractivity contribution >= 4 is 11.3 Å². The maximum atomic E-state index is 12.8. The van der Waals surface area contributed by atoms with Gasteiger partial charge in [0.25, 0.3) is 0 Å². The summed E-state index contributed by atoms with van der Waals surface area (Å²) in [7, 11) is 0. The van der Waals surface area contributed by atoms with Gasteiger partial charge in [-0.15, -0.1) is 10.2 Å². The third kappa shape index (κ3) is 2.28. The molecule has 3 rings (SSSR count). The Morgan fingerprint density at radius 3 is 2.62 bits per heavy atom. The van der Waals surface area contributed by atoms with Crippen LogP contribution in [0.25, 0.3) is 17.0 Å². The van der Waals surface area contributed by atoms with Gasteiger partial charge in [-0.2, -0.15) is 13.2 Å². The van der Waals surface area contributed by atoms with Gasteiger partial charge in [0.2, 0.25) is 0 Å². The summed E-state index contributed by atoms with van der Waals surface area (Å²) in [5, 5.41) is 7.84. The first kappa shape index (κ1) is 13.3. The van der Waals surface area contributed by atoms with Gasteiger partial charge in [0.1, 0.15) is 6.33 Å². The Kier molecular flexibility index (Phi) is 2.82. The number of hydrogen-bond donors (Lipinski definition) is 1. The molecule has 5 nitrogen and oxygen atoms in total. The number of benzene rings is 1. The molecule has 1 aromatic carbocycles. The molecule has 0 fully saturated rings. The first-order valence-electron chi connectivity index (χ1n) is 6.01. The van der Waals surface area contributed by atoms with Gasteiger partial charge in [-0.1, -0.05) is 0 Å². The van der Waals surface area contributed by atoms with Crippen molar-refractivity contribution in [1.29, 1.82) is 0 Å². The Labute approximate surface area is 117 Å². The van der Waals surface area contributed by atoms with E-state index in [0.717, 1.165) is 17.8 Å². The highest BCUT2D eigenvalue weighted by molar-refractivity contribution is 5.73. The minimum atomic E-state index is -4.45. The van der Waals surface area contributed by atoms with Crippen molar-refractivity contribution in [1.82, 2.24) is 19.6 Å². The van der Waals surface area contributed by atoms with E-state index < -0.39 is 11.7 Å². The number of nitrogens with two attached hydrogens (primary N) is 1. The third-order valence-corrected chi connectivity index (χ3v) is 3.06. The zero-order chi connectivity index (χ0) is 15.2. The summed E-state index contributed by atoms with van der Waals surface area (Å²) in [5.74, 6) is 0.223. The predicted octanol–water partition coefficient (Wildman–Crippen LogP) is 2.70. The number of alkyl halides is 3. The van der Waals surface area contributed by atoms with E-state index in [4.69, 9.17) is 5.73 Å². The second kappa shape index (κ2) is 4.44. The maximum absolute atomic E-state index is 12.8. The van der Waals surface area contributed by atoms with Crippen LogP contribution in [0, 0.1) is 6.92 Å². The minimum absolute atomic E-state index is 0.169. The van der Waals surface area contributed by atoms with Crippen molar-refractivity contribution in [3.8, 4) is 11.4 Å². The van der Waals surface area contributed by atoms with Crippen LogP contribution in [-0.2, 0) is 6.18 Å². The number of nitrogens with zero attached hydrogens (tertiary/aromatic N) is 4. The first-order valence-corrected chi connectivity index (χ1v) is 6.01. The van der Waals surface area contributed by atoms with Crippen molar-refractivity contribution in [3.63, 3.8) is 0 Å². The Bertz CT molecular complexity index is 822. The largest absolute Gasteiger partial charge is 0.416 e. The summed E-state index contributed by atoms with van der Waals surface area (Å²) >= 11 is 0. The average Bonchev–Trinajstić information content (AvgIpc) is 2.80. The van der Waals surface area contributed by atoms with Crippen molar-refractivity contribution in [2.45, 2.75) is 13.1 Å². The summed E-state index contributed by atoms with van der Waals surface area (Å²) in [6.45, 7) is 1.78. The molecule has 108 valence electrons. The first-order chi connectivity index (χ1) is 9.86. The van der Waals surface area contributed by atoms with Gasteiger partial charge in [-0.05, 0) is 25.1 Å².